The molecule has 5 rings (SSSR count). The Labute approximate surface area is 178 Å². The van der Waals surface area contributed by atoms with Gasteiger partial charge in [0.25, 0.3) is 0 Å². The molecule has 0 aliphatic carbocycles. The van der Waals surface area contributed by atoms with Gasteiger partial charge in [-0.2, -0.15) is 5.10 Å². The molecule has 0 aliphatic heterocycles. The minimum atomic E-state index is -0.715. The fourth-order valence-corrected chi connectivity index (χ4v) is 4.72. The average molecular weight is 437 g/mol. The maximum atomic E-state index is 14.2. The first-order valence-corrected chi connectivity index (χ1v) is 10.8. The molecule has 0 aliphatic rings. The summed E-state index contributed by atoms with van der Waals surface area (Å²) in [6.45, 7) is 0. The summed E-state index contributed by atoms with van der Waals surface area (Å²) in [6, 6.07) is 15.3. The molecule has 0 unspecified atom stereocenters. The Morgan fingerprint density at radius 1 is 1.00 bits per heavy atom. The van der Waals surface area contributed by atoms with E-state index in [1.165, 1.54) is 23.5 Å². The number of fused-ring (bicyclic) bond motifs is 1. The first-order valence-electron chi connectivity index (χ1n) is 9.04. The Morgan fingerprint density at radius 2 is 1.90 bits per heavy atom. The number of hydrogen-bond acceptors (Lipinski definition) is 4. The van der Waals surface area contributed by atoms with Crippen molar-refractivity contribution >= 4 is 45.5 Å². The number of para-hydroxylation sites is 1. The van der Waals surface area contributed by atoms with E-state index in [1.807, 2.05) is 53.4 Å². The van der Waals surface area contributed by atoms with Crippen molar-refractivity contribution in [2.45, 2.75) is 0 Å². The number of thiazole rings is 1. The zero-order valence-corrected chi connectivity index (χ0v) is 17.1. The van der Waals surface area contributed by atoms with E-state index < -0.39 is 11.6 Å². The average Bonchev–Trinajstić information content (AvgIpc) is 3.48. The lowest BCUT2D eigenvalue weighted by Gasteiger charge is -2.01. The second-order valence-electron chi connectivity index (χ2n) is 6.43. The highest BCUT2D eigenvalue weighted by Crippen LogP contribution is 2.26. The van der Waals surface area contributed by atoms with E-state index in [-0.39, 0.29) is 5.69 Å². The largest absolute Gasteiger partial charge is 0.361 e. The Kier molecular flexibility index (Phi) is 4.86. The van der Waals surface area contributed by atoms with Gasteiger partial charge in [-0.05, 0) is 29.6 Å². The van der Waals surface area contributed by atoms with Gasteiger partial charge in [-0.25, -0.2) is 18.4 Å². The topological polar surface area (TPSA) is 45.4 Å². The van der Waals surface area contributed by atoms with Gasteiger partial charge >= 0.3 is 0 Å². The Morgan fingerprint density at radius 3 is 2.73 bits per heavy atom. The van der Waals surface area contributed by atoms with Crippen molar-refractivity contribution in [1.29, 1.82) is 0 Å². The molecular formula is C22H14F2N4S2. The molecule has 1 N–H and O–H groups in total. The molecule has 148 valence electrons. The van der Waals surface area contributed by atoms with E-state index >= 15 is 0 Å². The van der Waals surface area contributed by atoms with E-state index in [0.717, 1.165) is 33.1 Å². The van der Waals surface area contributed by atoms with E-state index in [9.17, 15) is 8.78 Å². The third-order valence-electron chi connectivity index (χ3n) is 4.52. The van der Waals surface area contributed by atoms with Gasteiger partial charge in [0.05, 0.1) is 16.8 Å². The number of nitrogens with one attached hydrogen (secondary N) is 1. The fraction of sp³-hybridized carbons (Fsp3) is 0. The molecular weight excluding hydrogens is 422 g/mol. The molecule has 30 heavy (non-hydrogen) atoms. The predicted octanol–water partition coefficient (Wildman–Crippen LogP) is 6.15. The first-order chi connectivity index (χ1) is 14.7. The molecule has 8 heteroatoms. The van der Waals surface area contributed by atoms with Crippen molar-refractivity contribution in [2.75, 3.05) is 0 Å². The maximum Gasteiger partial charge on any atom is 0.211 e. The maximum absolute atomic E-state index is 14.2. The van der Waals surface area contributed by atoms with Crippen LogP contribution in [0.4, 0.5) is 14.5 Å². The highest BCUT2D eigenvalue weighted by molar-refractivity contribution is 7.14. The number of hydrogen-bond donors (Lipinski definition) is 1. The van der Waals surface area contributed by atoms with Gasteiger partial charge in [-0.15, -0.1) is 22.7 Å². The summed E-state index contributed by atoms with van der Waals surface area (Å²) in [7, 11) is 0. The van der Waals surface area contributed by atoms with Gasteiger partial charge in [0.2, 0.25) is 4.80 Å². The molecule has 5 aromatic rings. The smallest absolute Gasteiger partial charge is 0.211 e. The number of H-pyrrole nitrogens is 1. The molecule has 0 saturated heterocycles. The lowest BCUT2D eigenvalue weighted by molar-refractivity contribution is 0.584. The number of aromatic nitrogens is 2. The number of benzene rings is 2. The molecule has 2 aromatic carbocycles. The van der Waals surface area contributed by atoms with E-state index in [1.54, 1.807) is 22.2 Å². The van der Waals surface area contributed by atoms with Crippen LogP contribution in [0.5, 0.6) is 0 Å². The number of rotatable bonds is 4. The van der Waals surface area contributed by atoms with E-state index in [4.69, 9.17) is 0 Å². The van der Waals surface area contributed by atoms with Crippen LogP contribution in [0, 0.1) is 11.6 Å². The molecule has 0 bridgehead atoms. The Balaban J connectivity index is 1.65. The highest BCUT2D eigenvalue weighted by atomic mass is 32.1. The molecule has 3 aromatic heterocycles. The van der Waals surface area contributed by atoms with Gasteiger partial charge in [0.1, 0.15) is 11.5 Å². The molecule has 0 fully saturated rings. The third kappa shape index (κ3) is 3.51. The lowest BCUT2D eigenvalue weighted by Crippen LogP contribution is -2.11. The number of aromatic amines is 1. The SMILES string of the molecule is Fc1ccc(N=c2scc(-c3cccs3)n2N=Cc2c[nH]c3ccccc23)c(F)c1. The first kappa shape index (κ1) is 18.7. The predicted molar refractivity (Wildman–Crippen MR) is 118 cm³/mol. The molecule has 0 spiro atoms. The second-order valence-corrected chi connectivity index (χ2v) is 8.22. The molecule has 3 heterocycles. The Hall–Kier alpha value is -3.36. The van der Waals surface area contributed by atoms with Crippen LogP contribution in [-0.4, -0.2) is 15.9 Å². The van der Waals surface area contributed by atoms with Crippen LogP contribution in [0.3, 0.4) is 0 Å². The molecule has 0 saturated carbocycles. The summed E-state index contributed by atoms with van der Waals surface area (Å²) in [5, 5.41) is 9.62. The standard InChI is InChI=1S/C22H14F2N4S2/c23-15-7-8-19(17(24)10-15)27-22-28(20(13-30-22)21-6-3-9-29-21)26-12-14-11-25-18-5-2-1-4-16(14)18/h1-13,25H. The van der Waals surface area contributed by atoms with E-state index in [2.05, 4.69) is 15.1 Å². The van der Waals surface area contributed by atoms with Gasteiger partial charge in [0, 0.05) is 34.1 Å². The lowest BCUT2D eigenvalue weighted by atomic mass is 10.2. The summed E-state index contributed by atoms with van der Waals surface area (Å²) in [4.78, 5) is 9.12. The second kappa shape index (κ2) is 7.81. The summed E-state index contributed by atoms with van der Waals surface area (Å²) < 4.78 is 29.1. The minimum Gasteiger partial charge on any atom is -0.361 e. The summed E-state index contributed by atoms with van der Waals surface area (Å²) in [5.41, 5.74) is 2.87. The molecule has 4 nitrogen and oxygen atoms in total. The number of nitrogens with zero attached hydrogens (tertiary/aromatic N) is 3. The molecule has 0 atom stereocenters. The quantitative estimate of drug-likeness (QED) is 0.328. The minimum absolute atomic E-state index is 0.0621. The van der Waals surface area contributed by atoms with Crippen molar-refractivity contribution in [3.05, 3.63) is 93.6 Å². The van der Waals surface area contributed by atoms with Crippen LogP contribution in [0.15, 0.2) is 81.6 Å². The normalized spacial score (nSPS) is 12.4. The van der Waals surface area contributed by atoms with Crippen LogP contribution in [0.25, 0.3) is 21.5 Å². The van der Waals surface area contributed by atoms with E-state index in [0.29, 0.717) is 4.80 Å². The van der Waals surface area contributed by atoms with Crippen molar-refractivity contribution < 1.29 is 8.78 Å². The van der Waals surface area contributed by atoms with Crippen LogP contribution >= 0.6 is 22.7 Å². The summed E-state index contributed by atoms with van der Waals surface area (Å²) in [6.07, 6.45) is 3.64. The monoisotopic (exact) mass is 436 g/mol. The van der Waals surface area contributed by atoms with Gasteiger partial charge in [-0.3, -0.25) is 0 Å². The highest BCUT2D eigenvalue weighted by Gasteiger charge is 2.10. The summed E-state index contributed by atoms with van der Waals surface area (Å²) >= 11 is 2.93. The van der Waals surface area contributed by atoms with Crippen molar-refractivity contribution in [1.82, 2.24) is 9.66 Å². The van der Waals surface area contributed by atoms with Crippen LogP contribution < -0.4 is 4.80 Å². The number of halogens is 2. The van der Waals surface area contributed by atoms with Gasteiger partial charge in [-0.1, -0.05) is 24.3 Å². The van der Waals surface area contributed by atoms with Crippen LogP contribution in [-0.2, 0) is 0 Å². The zero-order chi connectivity index (χ0) is 20.5. The van der Waals surface area contributed by atoms with Crippen LogP contribution in [0.2, 0.25) is 0 Å². The van der Waals surface area contributed by atoms with Crippen molar-refractivity contribution in [3.8, 4) is 10.6 Å². The van der Waals surface area contributed by atoms with Gasteiger partial charge < -0.3 is 4.98 Å². The zero-order valence-electron chi connectivity index (χ0n) is 15.4. The number of thiophene rings is 1. The van der Waals surface area contributed by atoms with Crippen molar-refractivity contribution in [2.24, 2.45) is 10.1 Å². The molecule has 0 amide bonds. The molecule has 0 radical (unpaired) electrons. The van der Waals surface area contributed by atoms with Crippen LogP contribution in [0.1, 0.15) is 5.56 Å². The van der Waals surface area contributed by atoms with Crippen molar-refractivity contribution in [3.63, 3.8) is 0 Å². The Bertz CT molecular complexity index is 1430. The van der Waals surface area contributed by atoms with Gasteiger partial charge in [0.15, 0.2) is 5.82 Å². The summed E-state index contributed by atoms with van der Waals surface area (Å²) in [5.74, 6) is -1.35. The third-order valence-corrected chi connectivity index (χ3v) is 6.23. The fourth-order valence-electron chi connectivity index (χ4n) is 3.08.